The number of anilines is 1. The lowest BCUT2D eigenvalue weighted by atomic mass is 10.2. The first-order chi connectivity index (χ1) is 9.61. The van der Waals surface area contributed by atoms with Crippen LogP contribution in [0.5, 0.6) is 0 Å². The van der Waals surface area contributed by atoms with Crippen LogP contribution in [0.15, 0.2) is 47.1 Å². The van der Waals surface area contributed by atoms with Crippen molar-refractivity contribution in [3.05, 3.63) is 58.3 Å². The van der Waals surface area contributed by atoms with Crippen LogP contribution in [0.25, 0.3) is 0 Å². The van der Waals surface area contributed by atoms with Gasteiger partial charge < -0.3 is 10.1 Å². The summed E-state index contributed by atoms with van der Waals surface area (Å²) in [5.74, 6) is -0.820. The first kappa shape index (κ1) is 14.2. The van der Waals surface area contributed by atoms with Crippen LogP contribution in [0.4, 0.5) is 5.69 Å². The van der Waals surface area contributed by atoms with E-state index in [1.165, 1.54) is 13.3 Å². The number of nitrogens with one attached hydrogen (secondary N) is 1. The molecule has 0 saturated carbocycles. The van der Waals surface area contributed by atoms with E-state index in [1.807, 2.05) is 0 Å². The van der Waals surface area contributed by atoms with Gasteiger partial charge in [-0.1, -0.05) is 6.07 Å². The zero-order valence-corrected chi connectivity index (χ0v) is 12.2. The summed E-state index contributed by atoms with van der Waals surface area (Å²) in [6, 6.07) is 9.95. The summed E-state index contributed by atoms with van der Waals surface area (Å²) in [6.07, 6.45) is 1.53. The first-order valence-electron chi connectivity index (χ1n) is 5.72. The summed E-state index contributed by atoms with van der Waals surface area (Å²) in [4.78, 5) is 27.5. The van der Waals surface area contributed by atoms with Crippen LogP contribution in [0, 0.1) is 0 Å². The molecule has 0 fully saturated rings. The van der Waals surface area contributed by atoms with Gasteiger partial charge in [0.25, 0.3) is 5.91 Å². The number of ether oxygens (including phenoxy) is 1. The van der Waals surface area contributed by atoms with Crippen LogP contribution in [-0.2, 0) is 4.74 Å². The molecular formula is C14H11BrN2O3. The van der Waals surface area contributed by atoms with Gasteiger partial charge in [-0.2, -0.15) is 0 Å². The summed E-state index contributed by atoms with van der Waals surface area (Å²) in [5.41, 5.74) is 1.14. The third-order valence-corrected chi connectivity index (χ3v) is 3.15. The zero-order valence-electron chi connectivity index (χ0n) is 10.6. The Kier molecular flexibility index (Phi) is 4.47. The van der Waals surface area contributed by atoms with E-state index in [9.17, 15) is 9.59 Å². The van der Waals surface area contributed by atoms with Crippen molar-refractivity contribution in [3.8, 4) is 0 Å². The van der Waals surface area contributed by atoms with E-state index in [-0.39, 0.29) is 11.6 Å². The Morgan fingerprint density at radius 2 is 2.05 bits per heavy atom. The van der Waals surface area contributed by atoms with Gasteiger partial charge in [-0.3, -0.25) is 4.79 Å². The highest BCUT2D eigenvalue weighted by Gasteiger charge is 2.12. The number of hydrogen-bond donors (Lipinski definition) is 1. The highest BCUT2D eigenvalue weighted by Crippen LogP contribution is 2.16. The largest absolute Gasteiger partial charge is 0.465 e. The van der Waals surface area contributed by atoms with Crippen molar-refractivity contribution in [3.63, 3.8) is 0 Å². The summed E-state index contributed by atoms with van der Waals surface area (Å²) >= 11 is 3.26. The Bertz CT molecular complexity index is 658. The number of carbonyl (C=O) groups is 2. The molecule has 0 saturated heterocycles. The van der Waals surface area contributed by atoms with E-state index < -0.39 is 5.97 Å². The van der Waals surface area contributed by atoms with Gasteiger partial charge in [0, 0.05) is 16.4 Å². The molecule has 5 nitrogen and oxygen atoms in total. The van der Waals surface area contributed by atoms with E-state index in [1.54, 1.807) is 36.4 Å². The van der Waals surface area contributed by atoms with Crippen LogP contribution < -0.4 is 5.32 Å². The normalized spacial score (nSPS) is 9.90. The predicted molar refractivity (Wildman–Crippen MR) is 77.7 cm³/mol. The number of carbonyl (C=O) groups excluding carboxylic acids is 2. The molecule has 0 spiro atoms. The first-order valence-corrected chi connectivity index (χ1v) is 6.51. The Morgan fingerprint density at radius 3 is 2.75 bits per heavy atom. The van der Waals surface area contributed by atoms with Gasteiger partial charge in [-0.25, -0.2) is 9.78 Å². The molecule has 102 valence electrons. The van der Waals surface area contributed by atoms with Crippen molar-refractivity contribution in [2.45, 2.75) is 0 Å². The van der Waals surface area contributed by atoms with Crippen LogP contribution in [0.3, 0.4) is 0 Å². The molecule has 20 heavy (non-hydrogen) atoms. The van der Waals surface area contributed by atoms with Crippen molar-refractivity contribution in [2.75, 3.05) is 12.4 Å². The number of hydrogen-bond acceptors (Lipinski definition) is 4. The molecule has 0 bridgehead atoms. The lowest BCUT2D eigenvalue weighted by molar-refractivity contribution is 0.0600. The number of aromatic nitrogens is 1. The summed E-state index contributed by atoms with van der Waals surface area (Å²) < 4.78 is 5.23. The molecule has 0 aliphatic heterocycles. The molecule has 0 atom stereocenters. The van der Waals surface area contributed by atoms with Gasteiger partial charge >= 0.3 is 5.97 Å². The Hall–Kier alpha value is -2.21. The highest BCUT2D eigenvalue weighted by molar-refractivity contribution is 9.10. The molecule has 0 aliphatic carbocycles. The molecule has 1 amide bonds. The van der Waals surface area contributed by atoms with Gasteiger partial charge in [0.05, 0.1) is 12.7 Å². The molecule has 1 N–H and O–H groups in total. The van der Waals surface area contributed by atoms with Gasteiger partial charge in [-0.05, 0) is 46.3 Å². The second-order valence-electron chi connectivity index (χ2n) is 3.86. The van der Waals surface area contributed by atoms with Gasteiger partial charge in [0.1, 0.15) is 5.69 Å². The molecule has 2 rings (SSSR count). The highest BCUT2D eigenvalue weighted by atomic mass is 79.9. The smallest absolute Gasteiger partial charge is 0.337 e. The van der Waals surface area contributed by atoms with Crippen LogP contribution in [-0.4, -0.2) is 24.0 Å². The molecule has 2 aromatic rings. The maximum absolute atomic E-state index is 12.1. The minimum atomic E-state index is -0.458. The molecule has 6 heteroatoms. The van der Waals surface area contributed by atoms with E-state index in [4.69, 9.17) is 0 Å². The lowest BCUT2D eigenvalue weighted by Crippen LogP contribution is -2.14. The predicted octanol–water partition coefficient (Wildman–Crippen LogP) is 2.88. The second-order valence-corrected chi connectivity index (χ2v) is 4.71. The van der Waals surface area contributed by atoms with Crippen molar-refractivity contribution < 1.29 is 14.3 Å². The summed E-state index contributed by atoms with van der Waals surface area (Å²) in [7, 11) is 1.30. The quantitative estimate of drug-likeness (QED) is 0.876. The minimum absolute atomic E-state index is 0.274. The number of methoxy groups -OCH3 is 1. The Morgan fingerprint density at radius 1 is 1.25 bits per heavy atom. The van der Waals surface area contributed by atoms with Crippen molar-refractivity contribution in [2.24, 2.45) is 0 Å². The molecule has 0 aliphatic rings. The molecule has 0 unspecified atom stereocenters. The monoisotopic (exact) mass is 334 g/mol. The number of esters is 1. The number of nitrogens with zero attached hydrogens (tertiary/aromatic N) is 1. The lowest BCUT2D eigenvalue weighted by Gasteiger charge is -2.07. The van der Waals surface area contributed by atoms with E-state index in [0.717, 1.165) is 0 Å². The average Bonchev–Trinajstić information content (AvgIpc) is 2.47. The number of amides is 1. The fourth-order valence-corrected chi connectivity index (χ4v) is 2.02. The third kappa shape index (κ3) is 3.21. The number of halogens is 1. The topological polar surface area (TPSA) is 68.3 Å². The van der Waals surface area contributed by atoms with Crippen LogP contribution in [0.1, 0.15) is 20.8 Å². The van der Waals surface area contributed by atoms with Crippen molar-refractivity contribution >= 4 is 33.5 Å². The number of rotatable bonds is 3. The van der Waals surface area contributed by atoms with E-state index in [2.05, 4.69) is 31.0 Å². The van der Waals surface area contributed by atoms with E-state index in [0.29, 0.717) is 15.7 Å². The minimum Gasteiger partial charge on any atom is -0.465 e. The maximum atomic E-state index is 12.1. The SMILES string of the molecule is COC(=O)c1cccc(NC(=O)c2ncccc2Br)c1. The molecule has 0 radical (unpaired) electrons. The molecule has 1 aromatic heterocycles. The van der Waals surface area contributed by atoms with Gasteiger partial charge in [0.15, 0.2) is 0 Å². The summed E-state index contributed by atoms with van der Waals surface area (Å²) in [6.45, 7) is 0. The Labute approximate surface area is 124 Å². The van der Waals surface area contributed by atoms with Crippen LogP contribution in [0.2, 0.25) is 0 Å². The standard InChI is InChI=1S/C14H11BrN2O3/c1-20-14(19)9-4-2-5-10(8-9)17-13(18)12-11(15)6-3-7-16-12/h2-8H,1H3,(H,17,18). The molecule has 1 heterocycles. The van der Waals surface area contributed by atoms with Crippen LogP contribution >= 0.6 is 15.9 Å². The molecule has 1 aromatic carbocycles. The fraction of sp³-hybridized carbons (Fsp3) is 0.0714. The Balaban J connectivity index is 2.20. The van der Waals surface area contributed by atoms with Gasteiger partial charge in [-0.15, -0.1) is 0 Å². The molecular weight excluding hydrogens is 324 g/mol. The second kappa shape index (κ2) is 6.29. The summed E-state index contributed by atoms with van der Waals surface area (Å²) in [5, 5.41) is 2.68. The van der Waals surface area contributed by atoms with E-state index >= 15 is 0 Å². The fourth-order valence-electron chi connectivity index (χ4n) is 1.58. The van der Waals surface area contributed by atoms with Crippen molar-refractivity contribution in [1.29, 1.82) is 0 Å². The van der Waals surface area contributed by atoms with Gasteiger partial charge in [0.2, 0.25) is 0 Å². The zero-order chi connectivity index (χ0) is 14.5. The number of benzene rings is 1. The maximum Gasteiger partial charge on any atom is 0.337 e. The average molecular weight is 335 g/mol. The number of pyridine rings is 1. The van der Waals surface area contributed by atoms with Crippen molar-refractivity contribution in [1.82, 2.24) is 4.98 Å². The third-order valence-electron chi connectivity index (χ3n) is 2.52.